The van der Waals surface area contributed by atoms with E-state index in [-0.39, 0.29) is 0 Å². The van der Waals surface area contributed by atoms with Gasteiger partial charge in [-0.15, -0.1) is 0 Å². The summed E-state index contributed by atoms with van der Waals surface area (Å²) >= 11 is 0. The number of ether oxygens (including phenoxy) is 1. The molecule has 100 valence electrons. The molecule has 2 rings (SSSR count). The molecule has 1 aromatic heterocycles. The van der Waals surface area contributed by atoms with Gasteiger partial charge in [-0.25, -0.2) is 4.98 Å². The van der Waals surface area contributed by atoms with Gasteiger partial charge in [0, 0.05) is 46.2 Å². The van der Waals surface area contributed by atoms with Crippen LogP contribution < -0.4 is 10.6 Å². The summed E-state index contributed by atoms with van der Waals surface area (Å²) in [6.07, 6.45) is 4.67. The van der Waals surface area contributed by atoms with Crippen LogP contribution in [0, 0.1) is 0 Å². The molecule has 1 saturated heterocycles. The lowest BCUT2D eigenvalue weighted by Crippen LogP contribution is -2.46. The van der Waals surface area contributed by atoms with Gasteiger partial charge in [0.1, 0.15) is 5.82 Å². The van der Waals surface area contributed by atoms with Gasteiger partial charge in [0.15, 0.2) is 0 Å². The molecule has 2 heterocycles. The molecule has 0 radical (unpaired) electrons. The Morgan fingerprint density at radius 3 is 2.67 bits per heavy atom. The molecule has 0 saturated carbocycles. The van der Waals surface area contributed by atoms with Crippen molar-refractivity contribution in [3.8, 4) is 0 Å². The monoisotopic (exact) mass is 252 g/mol. The fourth-order valence-electron chi connectivity index (χ4n) is 2.08. The summed E-state index contributed by atoms with van der Waals surface area (Å²) in [5, 5.41) is 10.4. The summed E-state index contributed by atoms with van der Waals surface area (Å²) in [4.78, 5) is 10.4. The Hall–Kier alpha value is -1.24. The van der Waals surface area contributed by atoms with Crippen LogP contribution in [-0.2, 0) is 11.3 Å². The summed E-state index contributed by atoms with van der Waals surface area (Å²) in [7, 11) is 1.90. The zero-order valence-electron chi connectivity index (χ0n) is 10.7. The summed E-state index contributed by atoms with van der Waals surface area (Å²) in [6.45, 7) is 2.15. The highest BCUT2D eigenvalue weighted by Crippen LogP contribution is 2.22. The molecule has 6 heteroatoms. The third-order valence-corrected chi connectivity index (χ3v) is 3.25. The first-order valence-corrected chi connectivity index (χ1v) is 6.15. The van der Waals surface area contributed by atoms with Gasteiger partial charge in [-0.05, 0) is 0 Å². The molecule has 6 nitrogen and oxygen atoms in total. The Labute approximate surface area is 107 Å². The van der Waals surface area contributed by atoms with Crippen molar-refractivity contribution in [1.29, 1.82) is 0 Å². The average Bonchev–Trinajstić information content (AvgIpc) is 2.39. The van der Waals surface area contributed by atoms with Crippen LogP contribution in [0.25, 0.3) is 0 Å². The summed E-state index contributed by atoms with van der Waals surface area (Å²) in [6, 6.07) is 0. The Bertz CT molecular complexity index is 376. The molecular formula is C12H20N4O2. The van der Waals surface area contributed by atoms with E-state index >= 15 is 0 Å². The van der Waals surface area contributed by atoms with Gasteiger partial charge in [-0.3, -0.25) is 4.98 Å². The van der Waals surface area contributed by atoms with E-state index in [4.69, 9.17) is 10.5 Å². The van der Waals surface area contributed by atoms with E-state index in [9.17, 15) is 5.11 Å². The van der Waals surface area contributed by atoms with Crippen molar-refractivity contribution in [3.05, 3.63) is 18.1 Å². The first-order chi connectivity index (χ1) is 8.63. The Balaban J connectivity index is 1.99. The molecule has 1 aromatic rings. The van der Waals surface area contributed by atoms with Crippen LogP contribution in [0.15, 0.2) is 12.4 Å². The molecule has 0 atom stereocenters. The maximum Gasteiger partial charge on any atom is 0.146 e. The zero-order valence-corrected chi connectivity index (χ0v) is 10.7. The van der Waals surface area contributed by atoms with Crippen molar-refractivity contribution >= 4 is 5.82 Å². The number of nitrogens with two attached hydrogens (primary N) is 1. The second-order valence-corrected chi connectivity index (χ2v) is 4.76. The number of rotatable bonds is 4. The molecule has 0 aromatic carbocycles. The lowest BCUT2D eigenvalue weighted by molar-refractivity contribution is -0.0573. The lowest BCUT2D eigenvalue weighted by Gasteiger charge is -2.35. The van der Waals surface area contributed by atoms with E-state index in [0.717, 1.165) is 11.5 Å². The van der Waals surface area contributed by atoms with E-state index in [1.807, 2.05) is 11.9 Å². The molecule has 18 heavy (non-hydrogen) atoms. The first kappa shape index (κ1) is 13.2. The van der Waals surface area contributed by atoms with Crippen LogP contribution in [0.3, 0.4) is 0 Å². The molecule has 3 N–H and O–H groups in total. The van der Waals surface area contributed by atoms with Gasteiger partial charge in [0.2, 0.25) is 0 Å². The van der Waals surface area contributed by atoms with Crippen molar-refractivity contribution in [3.63, 3.8) is 0 Å². The maximum atomic E-state index is 10.4. The number of hydrogen-bond donors (Lipinski definition) is 2. The van der Waals surface area contributed by atoms with Crippen molar-refractivity contribution in [2.75, 3.05) is 31.7 Å². The quantitative estimate of drug-likeness (QED) is 0.779. The Morgan fingerprint density at radius 1 is 1.39 bits per heavy atom. The molecule has 1 fully saturated rings. The van der Waals surface area contributed by atoms with Crippen LogP contribution in [0.4, 0.5) is 5.82 Å². The topological polar surface area (TPSA) is 84.5 Å². The van der Waals surface area contributed by atoms with Gasteiger partial charge < -0.3 is 20.5 Å². The number of nitrogens with zero attached hydrogens (tertiary/aromatic N) is 3. The average molecular weight is 252 g/mol. The minimum Gasteiger partial charge on any atom is -0.388 e. The zero-order chi connectivity index (χ0) is 13.0. The highest BCUT2D eigenvalue weighted by molar-refractivity contribution is 5.35. The molecule has 0 amide bonds. The summed E-state index contributed by atoms with van der Waals surface area (Å²) < 4.78 is 5.26. The van der Waals surface area contributed by atoms with Gasteiger partial charge in [-0.1, -0.05) is 0 Å². The number of anilines is 1. The van der Waals surface area contributed by atoms with Crippen LogP contribution in [0.1, 0.15) is 18.5 Å². The number of hydrogen-bond acceptors (Lipinski definition) is 6. The van der Waals surface area contributed by atoms with Crippen LogP contribution in [-0.4, -0.2) is 47.5 Å². The molecule has 0 unspecified atom stereocenters. The lowest BCUT2D eigenvalue weighted by atomic mass is 9.94. The molecule has 1 aliphatic heterocycles. The van der Waals surface area contributed by atoms with Crippen LogP contribution >= 0.6 is 0 Å². The molecule has 0 spiro atoms. The van der Waals surface area contributed by atoms with Crippen molar-refractivity contribution in [2.45, 2.75) is 25.0 Å². The van der Waals surface area contributed by atoms with Crippen LogP contribution in [0.5, 0.6) is 0 Å². The van der Waals surface area contributed by atoms with E-state index in [1.165, 1.54) is 0 Å². The Kier molecular flexibility index (Phi) is 4.11. The molecule has 1 aliphatic rings. The van der Waals surface area contributed by atoms with E-state index < -0.39 is 5.60 Å². The summed E-state index contributed by atoms with van der Waals surface area (Å²) in [5.74, 6) is 0.743. The first-order valence-electron chi connectivity index (χ1n) is 6.15. The fourth-order valence-corrected chi connectivity index (χ4v) is 2.08. The van der Waals surface area contributed by atoms with E-state index in [2.05, 4.69) is 9.97 Å². The highest BCUT2D eigenvalue weighted by Gasteiger charge is 2.31. The predicted molar refractivity (Wildman–Crippen MR) is 68.2 cm³/mol. The maximum absolute atomic E-state index is 10.4. The standard InChI is InChI=1S/C12H20N4O2/c1-16(9-12(17)2-4-18-5-3-12)11-8-14-10(6-13)7-15-11/h7-8,17H,2-6,9,13H2,1H3. The fraction of sp³-hybridized carbons (Fsp3) is 0.667. The second kappa shape index (κ2) is 5.60. The van der Waals surface area contributed by atoms with Crippen molar-refractivity contribution < 1.29 is 9.84 Å². The largest absolute Gasteiger partial charge is 0.388 e. The van der Waals surface area contributed by atoms with Gasteiger partial charge in [0.25, 0.3) is 0 Å². The molecular weight excluding hydrogens is 232 g/mol. The minimum absolute atomic E-state index is 0.387. The predicted octanol–water partition coefficient (Wildman–Crippen LogP) is -0.0870. The smallest absolute Gasteiger partial charge is 0.146 e. The van der Waals surface area contributed by atoms with Crippen molar-refractivity contribution in [2.24, 2.45) is 5.73 Å². The van der Waals surface area contributed by atoms with E-state index in [0.29, 0.717) is 39.1 Å². The SMILES string of the molecule is CN(CC1(O)CCOCC1)c1cnc(CN)cn1. The van der Waals surface area contributed by atoms with Gasteiger partial charge in [-0.2, -0.15) is 0 Å². The highest BCUT2D eigenvalue weighted by atomic mass is 16.5. The number of aliphatic hydroxyl groups is 1. The summed E-state index contributed by atoms with van der Waals surface area (Å²) in [5.41, 5.74) is 5.54. The van der Waals surface area contributed by atoms with Gasteiger partial charge >= 0.3 is 0 Å². The van der Waals surface area contributed by atoms with Gasteiger partial charge in [0.05, 0.1) is 23.7 Å². The third kappa shape index (κ3) is 3.16. The number of likely N-dealkylation sites (N-methyl/N-ethyl adjacent to an activating group) is 1. The molecule has 0 bridgehead atoms. The normalized spacial score (nSPS) is 18.6. The molecule has 0 aliphatic carbocycles. The van der Waals surface area contributed by atoms with Crippen LogP contribution in [0.2, 0.25) is 0 Å². The minimum atomic E-state index is -0.693. The number of aromatic nitrogens is 2. The van der Waals surface area contributed by atoms with Crippen molar-refractivity contribution in [1.82, 2.24) is 9.97 Å². The second-order valence-electron chi connectivity index (χ2n) is 4.76. The van der Waals surface area contributed by atoms with E-state index in [1.54, 1.807) is 12.4 Å². The third-order valence-electron chi connectivity index (χ3n) is 3.25. The Morgan fingerprint density at radius 2 is 2.11 bits per heavy atom.